The molecule has 27 heavy (non-hydrogen) atoms. The second-order valence-corrected chi connectivity index (χ2v) is 6.63. The summed E-state index contributed by atoms with van der Waals surface area (Å²) in [4.78, 5) is 15.5. The van der Waals surface area contributed by atoms with Gasteiger partial charge in [-0.25, -0.2) is 0 Å². The molecule has 3 rings (SSSR count). The molecule has 7 nitrogen and oxygen atoms in total. The molecule has 0 atom stereocenters. The maximum Gasteiger partial charge on any atom is 0.293 e. The van der Waals surface area contributed by atoms with E-state index in [4.69, 9.17) is 5.26 Å². The zero-order valence-corrected chi connectivity index (χ0v) is 15.2. The number of hydrogen-bond acceptors (Lipinski definition) is 6. The van der Waals surface area contributed by atoms with E-state index in [2.05, 4.69) is 39.4 Å². The van der Waals surface area contributed by atoms with E-state index in [0.717, 1.165) is 39.3 Å². The largest absolute Gasteiger partial charge is 0.378 e. The maximum atomic E-state index is 11.2. The van der Waals surface area contributed by atoms with Crippen LogP contribution in [0.3, 0.4) is 0 Å². The summed E-state index contributed by atoms with van der Waals surface area (Å²) in [6.07, 6.45) is 0. The first kappa shape index (κ1) is 18.8. The van der Waals surface area contributed by atoms with E-state index in [9.17, 15) is 10.1 Å². The molecule has 0 radical (unpaired) electrons. The van der Waals surface area contributed by atoms with Crippen LogP contribution < -0.4 is 5.32 Å². The minimum absolute atomic E-state index is 0.0540. The van der Waals surface area contributed by atoms with E-state index in [1.165, 1.54) is 11.6 Å². The van der Waals surface area contributed by atoms with Gasteiger partial charge in [-0.1, -0.05) is 30.3 Å². The topological polar surface area (TPSA) is 85.4 Å². The zero-order chi connectivity index (χ0) is 19.1. The molecule has 1 aliphatic heterocycles. The van der Waals surface area contributed by atoms with Crippen LogP contribution in [-0.4, -0.2) is 54.0 Å². The third-order valence-corrected chi connectivity index (χ3v) is 4.78. The fraction of sp³-hybridized carbons (Fsp3) is 0.350. The molecular formula is C20H23N5O2. The zero-order valence-electron chi connectivity index (χ0n) is 15.2. The molecule has 1 aliphatic rings. The van der Waals surface area contributed by atoms with Crippen LogP contribution >= 0.6 is 0 Å². The van der Waals surface area contributed by atoms with Gasteiger partial charge >= 0.3 is 0 Å². The van der Waals surface area contributed by atoms with Gasteiger partial charge in [0.05, 0.1) is 16.6 Å². The van der Waals surface area contributed by atoms with Crippen LogP contribution in [0.2, 0.25) is 0 Å². The van der Waals surface area contributed by atoms with Crippen molar-refractivity contribution < 1.29 is 4.92 Å². The van der Waals surface area contributed by atoms with Crippen LogP contribution in [0.25, 0.3) is 0 Å². The quantitative estimate of drug-likeness (QED) is 0.600. The fourth-order valence-electron chi connectivity index (χ4n) is 3.26. The monoisotopic (exact) mass is 365 g/mol. The highest BCUT2D eigenvalue weighted by atomic mass is 16.6. The van der Waals surface area contributed by atoms with Gasteiger partial charge in [-0.05, 0) is 17.7 Å². The lowest BCUT2D eigenvalue weighted by atomic mass is 10.2. The van der Waals surface area contributed by atoms with Gasteiger partial charge in [0.2, 0.25) is 0 Å². The summed E-state index contributed by atoms with van der Waals surface area (Å²) in [5, 5.41) is 23.2. The van der Waals surface area contributed by atoms with E-state index in [-0.39, 0.29) is 5.69 Å². The highest BCUT2D eigenvalue weighted by molar-refractivity contribution is 5.64. The molecule has 0 unspecified atom stereocenters. The minimum atomic E-state index is -0.453. The Labute approximate surface area is 159 Å². The molecule has 2 aromatic rings. The minimum Gasteiger partial charge on any atom is -0.378 e. The molecule has 0 saturated carbocycles. The van der Waals surface area contributed by atoms with Crippen LogP contribution in [0.5, 0.6) is 0 Å². The predicted octanol–water partition coefficient (Wildman–Crippen LogP) is 2.70. The van der Waals surface area contributed by atoms with Crippen molar-refractivity contribution in [2.24, 2.45) is 0 Å². The number of anilines is 1. The van der Waals surface area contributed by atoms with Gasteiger partial charge < -0.3 is 5.32 Å². The lowest BCUT2D eigenvalue weighted by molar-refractivity contribution is -0.384. The number of piperazine rings is 1. The third kappa shape index (κ3) is 5.26. The van der Waals surface area contributed by atoms with Gasteiger partial charge in [-0.2, -0.15) is 5.26 Å². The Bertz CT molecular complexity index is 811. The van der Waals surface area contributed by atoms with E-state index in [1.807, 2.05) is 12.1 Å². The number of nitrogens with one attached hydrogen (secondary N) is 1. The highest BCUT2D eigenvalue weighted by Gasteiger charge is 2.18. The molecule has 2 aromatic carbocycles. The van der Waals surface area contributed by atoms with Gasteiger partial charge in [0.25, 0.3) is 5.69 Å². The summed E-state index contributed by atoms with van der Waals surface area (Å²) in [6, 6.07) is 16.9. The van der Waals surface area contributed by atoms with Crippen LogP contribution in [0, 0.1) is 21.4 Å². The van der Waals surface area contributed by atoms with Crippen LogP contribution in [0.4, 0.5) is 11.4 Å². The molecular weight excluding hydrogens is 342 g/mol. The summed E-state index contributed by atoms with van der Waals surface area (Å²) < 4.78 is 0. The summed E-state index contributed by atoms with van der Waals surface area (Å²) in [5.74, 6) is 0. The standard InChI is InChI=1S/C20H23N5O2/c21-15-18-6-7-19(20(14-18)25(26)27)22-8-9-23-10-12-24(13-11-23)16-17-4-2-1-3-5-17/h1-7,14,22H,8-13,16H2. The number of nitro benzene ring substituents is 1. The molecule has 0 aromatic heterocycles. The summed E-state index contributed by atoms with van der Waals surface area (Å²) in [7, 11) is 0. The Balaban J connectivity index is 1.44. The molecule has 7 heteroatoms. The van der Waals surface area contributed by atoms with Crippen LogP contribution in [-0.2, 0) is 6.54 Å². The summed E-state index contributed by atoms with van der Waals surface area (Å²) >= 11 is 0. The number of nitro groups is 1. The van der Waals surface area contributed by atoms with Gasteiger partial charge in [0.15, 0.2) is 0 Å². The fourth-order valence-corrected chi connectivity index (χ4v) is 3.26. The first-order valence-corrected chi connectivity index (χ1v) is 9.07. The number of rotatable bonds is 7. The molecule has 0 amide bonds. The van der Waals surface area contributed by atoms with Gasteiger partial charge in [-0.3, -0.25) is 19.9 Å². The lowest BCUT2D eigenvalue weighted by Crippen LogP contribution is -2.47. The van der Waals surface area contributed by atoms with Gasteiger partial charge in [0, 0.05) is 51.9 Å². The SMILES string of the molecule is N#Cc1ccc(NCCN2CCN(Cc3ccccc3)CC2)c([N+](=O)[O-])c1. The highest BCUT2D eigenvalue weighted by Crippen LogP contribution is 2.25. The average molecular weight is 365 g/mol. The summed E-state index contributed by atoms with van der Waals surface area (Å²) in [6.45, 7) is 6.46. The number of nitriles is 1. The molecule has 140 valence electrons. The molecule has 1 N–H and O–H groups in total. The first-order valence-electron chi connectivity index (χ1n) is 9.07. The molecule has 1 saturated heterocycles. The second-order valence-electron chi connectivity index (χ2n) is 6.63. The third-order valence-electron chi connectivity index (χ3n) is 4.78. The van der Waals surface area contributed by atoms with Gasteiger partial charge in [0.1, 0.15) is 5.69 Å². The Morgan fingerprint density at radius 1 is 1.07 bits per heavy atom. The van der Waals surface area contributed by atoms with Crippen molar-refractivity contribution >= 4 is 11.4 Å². The van der Waals surface area contributed by atoms with E-state index in [1.54, 1.807) is 12.1 Å². The van der Waals surface area contributed by atoms with Crippen molar-refractivity contribution in [3.63, 3.8) is 0 Å². The van der Waals surface area contributed by atoms with Crippen molar-refractivity contribution in [1.29, 1.82) is 5.26 Å². The lowest BCUT2D eigenvalue weighted by Gasteiger charge is -2.34. The van der Waals surface area contributed by atoms with Crippen molar-refractivity contribution in [2.45, 2.75) is 6.54 Å². The first-order chi connectivity index (χ1) is 13.2. The predicted molar refractivity (Wildman–Crippen MR) is 104 cm³/mol. The Hall–Kier alpha value is -2.95. The molecule has 1 heterocycles. The van der Waals surface area contributed by atoms with E-state index < -0.39 is 4.92 Å². The number of benzene rings is 2. The Morgan fingerprint density at radius 3 is 2.44 bits per heavy atom. The molecule has 0 aliphatic carbocycles. The van der Waals surface area contributed by atoms with Crippen molar-refractivity contribution in [3.8, 4) is 6.07 Å². The second kappa shape index (κ2) is 9.12. The van der Waals surface area contributed by atoms with Crippen molar-refractivity contribution in [2.75, 3.05) is 44.6 Å². The molecule has 1 fully saturated rings. The van der Waals surface area contributed by atoms with Crippen molar-refractivity contribution in [1.82, 2.24) is 9.80 Å². The Morgan fingerprint density at radius 2 is 1.78 bits per heavy atom. The van der Waals surface area contributed by atoms with Crippen LogP contribution in [0.1, 0.15) is 11.1 Å². The number of hydrogen-bond donors (Lipinski definition) is 1. The molecule has 0 spiro atoms. The van der Waals surface area contributed by atoms with E-state index >= 15 is 0 Å². The maximum absolute atomic E-state index is 11.2. The normalized spacial score (nSPS) is 15.2. The smallest absolute Gasteiger partial charge is 0.293 e. The Kier molecular flexibility index (Phi) is 6.36. The van der Waals surface area contributed by atoms with Gasteiger partial charge in [-0.15, -0.1) is 0 Å². The molecule has 0 bridgehead atoms. The van der Waals surface area contributed by atoms with Crippen molar-refractivity contribution in [3.05, 3.63) is 69.8 Å². The number of nitrogens with zero attached hydrogens (tertiary/aromatic N) is 4. The average Bonchev–Trinajstić information content (AvgIpc) is 2.70. The van der Waals surface area contributed by atoms with Crippen LogP contribution in [0.15, 0.2) is 48.5 Å². The summed E-state index contributed by atoms with van der Waals surface area (Å²) in [5.41, 5.74) is 2.03. The van der Waals surface area contributed by atoms with E-state index in [0.29, 0.717) is 17.8 Å².